The van der Waals surface area contributed by atoms with Gasteiger partial charge in [-0.3, -0.25) is 0 Å². The number of benzene rings is 1. The van der Waals surface area contributed by atoms with Gasteiger partial charge in [0.05, 0.1) is 5.56 Å². The second kappa shape index (κ2) is 15.8. The van der Waals surface area contributed by atoms with Crippen LogP contribution >= 0.6 is 0 Å². The van der Waals surface area contributed by atoms with Crippen LogP contribution in [0.3, 0.4) is 0 Å². The Morgan fingerprint density at radius 2 is 0.952 bits per heavy atom. The van der Waals surface area contributed by atoms with Crippen molar-refractivity contribution in [2.24, 2.45) is 0 Å². The van der Waals surface area contributed by atoms with Gasteiger partial charge in [0, 0.05) is 21.1 Å². The fourth-order valence-corrected chi connectivity index (χ4v) is 1.22. The number of aromatic carboxylic acids is 1. The van der Waals surface area contributed by atoms with Crippen LogP contribution < -0.4 is 0 Å². The minimum atomic E-state index is -0.879. The Kier molecular flexibility index (Phi) is 17.0. The minimum Gasteiger partial charge on any atom is -0.478 e. The van der Waals surface area contributed by atoms with Gasteiger partial charge >= 0.3 is 5.97 Å². The smallest absolute Gasteiger partial charge is 0.335 e. The van der Waals surface area contributed by atoms with Crippen molar-refractivity contribution in [2.75, 3.05) is 0 Å². The predicted molar refractivity (Wildman–Crippen MR) is 82.8 cm³/mol. The summed E-state index contributed by atoms with van der Waals surface area (Å²) in [6.07, 6.45) is 20.0. The summed E-state index contributed by atoms with van der Waals surface area (Å²) in [5.74, 6) is -0.879. The summed E-state index contributed by atoms with van der Waals surface area (Å²) >= 11 is 0. The van der Waals surface area contributed by atoms with Crippen LogP contribution in [0.25, 0.3) is 0 Å². The van der Waals surface area contributed by atoms with Crippen molar-refractivity contribution >= 4 is 5.97 Å². The maximum absolute atomic E-state index is 10.2. The Hall–Kier alpha value is -0.622. The molecule has 1 aromatic carbocycles. The zero-order chi connectivity index (χ0) is 13.8. The molecule has 2 fully saturated rings. The Morgan fingerprint density at radius 1 is 0.667 bits per heavy atom. The average molecular weight is 451 g/mol. The summed E-state index contributed by atoms with van der Waals surface area (Å²) in [6.45, 7) is 0. The normalized spacial score (nSPS) is 15.2. The third-order valence-corrected chi connectivity index (χ3v) is 2.13. The summed E-state index contributed by atoms with van der Waals surface area (Å²) in [6, 6.07) is 8.30. The molecule has 3 rings (SSSR count). The first-order chi connectivity index (χ1) is 9.30. The number of rotatable bonds is 1. The second-order valence-electron chi connectivity index (χ2n) is 3.60. The number of hydrogen-bond donors (Lipinski definition) is 1. The Balaban J connectivity index is 0. The van der Waals surface area contributed by atoms with E-state index in [-0.39, 0.29) is 28.5 Å². The Labute approximate surface area is 144 Å². The van der Waals surface area contributed by atoms with Gasteiger partial charge in [0.2, 0.25) is 0 Å². The van der Waals surface area contributed by atoms with Crippen LogP contribution in [-0.2, 0) is 21.1 Å². The van der Waals surface area contributed by atoms with Crippen molar-refractivity contribution in [3.8, 4) is 0 Å². The fraction of sp³-hybridized carbons (Fsp3) is 0. The molecule has 2 saturated carbocycles. The van der Waals surface area contributed by atoms with Crippen LogP contribution in [0, 0.1) is 71.6 Å². The van der Waals surface area contributed by atoms with Gasteiger partial charge in [-0.05, 0) is 76.3 Å². The van der Waals surface area contributed by atoms with Crippen molar-refractivity contribution in [3.05, 3.63) is 108 Å². The van der Waals surface area contributed by atoms with Crippen molar-refractivity contribution < 1.29 is 31.0 Å². The molecule has 10 radical (unpaired) electrons. The van der Waals surface area contributed by atoms with Gasteiger partial charge in [-0.25, -0.2) is 4.79 Å². The van der Waals surface area contributed by atoms with Crippen LogP contribution in [0.5, 0.6) is 0 Å². The molecule has 0 amide bonds. The van der Waals surface area contributed by atoms with Crippen molar-refractivity contribution in [1.82, 2.24) is 0 Å². The molecule has 0 spiro atoms. The summed E-state index contributed by atoms with van der Waals surface area (Å²) in [5.41, 5.74) is 0.331. The van der Waals surface area contributed by atoms with Crippen LogP contribution in [0.2, 0.25) is 0 Å². The number of carboxylic acids is 1. The van der Waals surface area contributed by atoms with E-state index < -0.39 is 5.97 Å². The van der Waals surface area contributed by atoms with Gasteiger partial charge in [-0.15, -0.1) is 0 Å². The standard InChI is InChI=1S/C7H6O2.2C5H5.CH3.W/c8-7(9)6-4-2-1-3-5-6;2*1-2-4-5-3-1;;/h1-5H,(H,8,9);2*1-5H;1H3;/q;;;-1;. The van der Waals surface area contributed by atoms with Crippen LogP contribution in [0.15, 0.2) is 30.3 Å². The van der Waals surface area contributed by atoms with Gasteiger partial charge in [0.15, 0.2) is 0 Å². The van der Waals surface area contributed by atoms with Crippen LogP contribution in [0.4, 0.5) is 0 Å². The molecular formula is C18H19O2W-. The Morgan fingerprint density at radius 3 is 1.14 bits per heavy atom. The number of carbonyl (C=O) groups is 1. The monoisotopic (exact) mass is 451 g/mol. The summed E-state index contributed by atoms with van der Waals surface area (Å²) in [7, 11) is 0. The molecule has 110 valence electrons. The quantitative estimate of drug-likeness (QED) is 0.659. The first kappa shape index (κ1) is 22.7. The molecule has 0 unspecified atom stereocenters. The summed E-state index contributed by atoms with van der Waals surface area (Å²) in [5, 5.41) is 8.38. The summed E-state index contributed by atoms with van der Waals surface area (Å²) in [4.78, 5) is 10.2. The number of hydrogen-bond acceptors (Lipinski definition) is 1. The van der Waals surface area contributed by atoms with Gasteiger partial charge < -0.3 is 12.5 Å². The van der Waals surface area contributed by atoms with Crippen molar-refractivity contribution in [2.45, 2.75) is 0 Å². The third kappa shape index (κ3) is 12.8. The van der Waals surface area contributed by atoms with Gasteiger partial charge in [0.1, 0.15) is 0 Å². The average Bonchev–Trinajstić information content (AvgIpc) is 3.18. The molecule has 2 aliphatic carbocycles. The second-order valence-corrected chi connectivity index (χ2v) is 3.60. The number of carboxylic acid groups (broad SMARTS) is 1. The van der Waals surface area contributed by atoms with E-state index in [1.165, 1.54) is 0 Å². The SMILES string of the molecule is O=C(O)c1ccccc1.[CH3-].[CH]1[CH][CH][CH][CH]1.[CH]1[CH][CH][CH][CH]1.[W]. The van der Waals surface area contributed by atoms with E-state index in [1.54, 1.807) is 30.3 Å². The fourth-order valence-electron chi connectivity index (χ4n) is 1.22. The molecule has 3 heteroatoms. The maximum atomic E-state index is 10.2. The zero-order valence-electron chi connectivity index (χ0n) is 11.9. The van der Waals surface area contributed by atoms with Gasteiger partial charge in [-0.1, -0.05) is 18.2 Å². The Bertz CT molecular complexity index is 305. The molecule has 0 bridgehead atoms. The summed E-state index contributed by atoms with van der Waals surface area (Å²) < 4.78 is 0. The van der Waals surface area contributed by atoms with E-state index >= 15 is 0 Å². The van der Waals surface area contributed by atoms with E-state index in [1.807, 2.05) is 64.2 Å². The van der Waals surface area contributed by atoms with E-state index in [0.717, 1.165) is 0 Å². The van der Waals surface area contributed by atoms with Crippen molar-refractivity contribution in [3.63, 3.8) is 0 Å². The molecule has 2 nitrogen and oxygen atoms in total. The van der Waals surface area contributed by atoms with E-state index in [2.05, 4.69) is 0 Å². The topological polar surface area (TPSA) is 37.3 Å². The molecule has 0 aliphatic heterocycles. The predicted octanol–water partition coefficient (Wildman–Crippen LogP) is 3.88. The molecule has 1 aromatic rings. The van der Waals surface area contributed by atoms with Crippen LogP contribution in [-0.4, -0.2) is 11.1 Å². The van der Waals surface area contributed by atoms with Gasteiger partial charge in [-0.2, -0.15) is 0 Å². The van der Waals surface area contributed by atoms with E-state index in [9.17, 15) is 4.79 Å². The molecule has 0 atom stereocenters. The largest absolute Gasteiger partial charge is 0.478 e. The molecular weight excluding hydrogens is 432 g/mol. The van der Waals surface area contributed by atoms with Crippen molar-refractivity contribution in [1.29, 1.82) is 0 Å². The molecule has 0 saturated heterocycles. The molecule has 0 aromatic heterocycles. The maximum Gasteiger partial charge on any atom is 0.335 e. The van der Waals surface area contributed by atoms with E-state index in [4.69, 9.17) is 5.11 Å². The third-order valence-electron chi connectivity index (χ3n) is 2.13. The first-order valence-electron chi connectivity index (χ1n) is 5.92. The van der Waals surface area contributed by atoms with E-state index in [0.29, 0.717) is 5.56 Å². The van der Waals surface area contributed by atoms with Crippen LogP contribution in [0.1, 0.15) is 10.4 Å². The molecule has 2 aliphatic rings. The molecule has 21 heavy (non-hydrogen) atoms. The first-order valence-corrected chi connectivity index (χ1v) is 5.92. The van der Waals surface area contributed by atoms with Gasteiger partial charge in [0.25, 0.3) is 0 Å². The molecule has 0 heterocycles. The zero-order valence-corrected chi connectivity index (χ0v) is 14.9. The molecule has 1 N–H and O–H groups in total. The minimum absolute atomic E-state index is 0.